The number of thiol groups is 1. The van der Waals surface area contributed by atoms with Crippen LogP contribution in [0.5, 0.6) is 0 Å². The standard InChI is InChI=1S/C10H19NOS/c1-3-8-4-5-9(7(8)2)11-10(12)6-13/h7-9,13H,3-6H2,1-2H3,(H,11,12). The van der Waals surface area contributed by atoms with Gasteiger partial charge in [-0.15, -0.1) is 0 Å². The Morgan fingerprint density at radius 3 is 2.69 bits per heavy atom. The minimum atomic E-state index is 0.0666. The number of hydrogen-bond donors (Lipinski definition) is 2. The number of rotatable bonds is 3. The van der Waals surface area contributed by atoms with Crippen LogP contribution in [0.15, 0.2) is 0 Å². The van der Waals surface area contributed by atoms with Crippen molar-refractivity contribution in [3.8, 4) is 0 Å². The van der Waals surface area contributed by atoms with Gasteiger partial charge in [0.05, 0.1) is 5.75 Å². The quantitative estimate of drug-likeness (QED) is 0.671. The first-order valence-corrected chi connectivity index (χ1v) is 5.72. The molecule has 1 fully saturated rings. The summed E-state index contributed by atoms with van der Waals surface area (Å²) in [5.74, 6) is 1.80. The average molecular weight is 201 g/mol. The van der Waals surface area contributed by atoms with Crippen molar-refractivity contribution in [2.24, 2.45) is 11.8 Å². The molecule has 0 aliphatic heterocycles. The largest absolute Gasteiger partial charge is 0.352 e. The van der Waals surface area contributed by atoms with Gasteiger partial charge in [0.1, 0.15) is 0 Å². The van der Waals surface area contributed by atoms with E-state index < -0.39 is 0 Å². The maximum Gasteiger partial charge on any atom is 0.229 e. The summed E-state index contributed by atoms with van der Waals surface area (Å²) in [6.07, 6.45) is 3.63. The minimum absolute atomic E-state index is 0.0666. The molecule has 3 heteroatoms. The van der Waals surface area contributed by atoms with Gasteiger partial charge >= 0.3 is 0 Å². The van der Waals surface area contributed by atoms with Crippen molar-refractivity contribution in [1.82, 2.24) is 5.32 Å². The topological polar surface area (TPSA) is 29.1 Å². The molecular weight excluding hydrogens is 182 g/mol. The number of amides is 1. The van der Waals surface area contributed by atoms with Crippen LogP contribution in [0.3, 0.4) is 0 Å². The van der Waals surface area contributed by atoms with Crippen LogP contribution >= 0.6 is 12.6 Å². The van der Waals surface area contributed by atoms with Crippen LogP contribution in [0.1, 0.15) is 33.1 Å². The molecule has 3 unspecified atom stereocenters. The molecule has 3 atom stereocenters. The molecule has 0 aromatic rings. The van der Waals surface area contributed by atoms with E-state index in [4.69, 9.17) is 0 Å². The summed E-state index contributed by atoms with van der Waals surface area (Å²) in [4.78, 5) is 11.1. The third-order valence-corrected chi connectivity index (χ3v) is 3.53. The number of carbonyl (C=O) groups excluding carboxylic acids is 1. The van der Waals surface area contributed by atoms with Gasteiger partial charge in [0.25, 0.3) is 0 Å². The summed E-state index contributed by atoms with van der Waals surface area (Å²) in [7, 11) is 0. The van der Waals surface area contributed by atoms with Gasteiger partial charge < -0.3 is 5.32 Å². The fourth-order valence-electron chi connectivity index (χ4n) is 2.28. The van der Waals surface area contributed by atoms with Crippen molar-refractivity contribution < 1.29 is 4.79 Å². The molecule has 0 radical (unpaired) electrons. The zero-order valence-corrected chi connectivity index (χ0v) is 9.31. The van der Waals surface area contributed by atoms with Crippen molar-refractivity contribution in [3.05, 3.63) is 0 Å². The Balaban J connectivity index is 2.40. The maximum atomic E-state index is 11.1. The highest BCUT2D eigenvalue weighted by Crippen LogP contribution is 2.33. The monoisotopic (exact) mass is 201 g/mol. The number of nitrogens with one attached hydrogen (secondary N) is 1. The van der Waals surface area contributed by atoms with Gasteiger partial charge in [-0.2, -0.15) is 12.6 Å². The van der Waals surface area contributed by atoms with Crippen LogP contribution in [0.4, 0.5) is 0 Å². The lowest BCUT2D eigenvalue weighted by Gasteiger charge is -2.20. The van der Waals surface area contributed by atoms with Crippen LogP contribution < -0.4 is 5.32 Å². The molecule has 2 nitrogen and oxygen atoms in total. The molecule has 1 N–H and O–H groups in total. The molecule has 1 rings (SSSR count). The molecule has 1 aliphatic rings. The average Bonchev–Trinajstić information content (AvgIpc) is 2.48. The van der Waals surface area contributed by atoms with Gasteiger partial charge in [0.15, 0.2) is 0 Å². The summed E-state index contributed by atoms with van der Waals surface area (Å²) in [5, 5.41) is 3.03. The third-order valence-electron chi connectivity index (χ3n) is 3.24. The van der Waals surface area contributed by atoms with Gasteiger partial charge in [0.2, 0.25) is 5.91 Å². The van der Waals surface area contributed by atoms with Crippen LogP contribution in [-0.2, 0) is 4.79 Å². The highest BCUT2D eigenvalue weighted by molar-refractivity contribution is 7.81. The van der Waals surface area contributed by atoms with Crippen molar-refractivity contribution >= 4 is 18.5 Å². The first-order chi connectivity index (χ1) is 6.19. The van der Waals surface area contributed by atoms with Gasteiger partial charge in [-0.05, 0) is 24.7 Å². The van der Waals surface area contributed by atoms with E-state index in [1.807, 2.05) is 0 Å². The second-order valence-electron chi connectivity index (χ2n) is 3.94. The van der Waals surface area contributed by atoms with Crippen LogP contribution in [-0.4, -0.2) is 17.7 Å². The lowest BCUT2D eigenvalue weighted by Crippen LogP contribution is -2.38. The molecule has 1 saturated carbocycles. The smallest absolute Gasteiger partial charge is 0.229 e. The Hall–Kier alpha value is -0.180. The maximum absolute atomic E-state index is 11.1. The highest BCUT2D eigenvalue weighted by atomic mass is 32.1. The number of carbonyl (C=O) groups is 1. The summed E-state index contributed by atoms with van der Waals surface area (Å²) >= 11 is 3.95. The second-order valence-corrected chi connectivity index (χ2v) is 4.25. The van der Waals surface area contributed by atoms with Crippen LogP contribution in [0.25, 0.3) is 0 Å². The zero-order valence-electron chi connectivity index (χ0n) is 8.42. The van der Waals surface area contributed by atoms with Gasteiger partial charge in [0, 0.05) is 6.04 Å². The van der Waals surface area contributed by atoms with Crippen molar-refractivity contribution in [2.75, 3.05) is 5.75 Å². The van der Waals surface area contributed by atoms with E-state index in [1.54, 1.807) is 0 Å². The molecule has 0 aromatic carbocycles. The normalized spacial score (nSPS) is 33.3. The molecular formula is C10H19NOS. The van der Waals surface area contributed by atoms with Crippen molar-refractivity contribution in [2.45, 2.75) is 39.2 Å². The van der Waals surface area contributed by atoms with Gasteiger partial charge in [-0.25, -0.2) is 0 Å². The molecule has 0 aromatic heterocycles. The first-order valence-electron chi connectivity index (χ1n) is 5.09. The van der Waals surface area contributed by atoms with Crippen LogP contribution in [0, 0.1) is 11.8 Å². The molecule has 0 bridgehead atoms. The van der Waals surface area contributed by atoms with Crippen LogP contribution in [0.2, 0.25) is 0 Å². The Kier molecular flexibility index (Phi) is 4.10. The Morgan fingerprint density at radius 1 is 1.54 bits per heavy atom. The summed E-state index contributed by atoms with van der Waals surface area (Å²) in [6.45, 7) is 4.47. The predicted octanol–water partition coefficient (Wildman–Crippen LogP) is 1.86. The molecule has 0 saturated heterocycles. The third kappa shape index (κ3) is 2.63. The molecule has 13 heavy (non-hydrogen) atoms. The highest BCUT2D eigenvalue weighted by Gasteiger charge is 2.31. The zero-order chi connectivity index (χ0) is 9.84. The Morgan fingerprint density at radius 2 is 2.23 bits per heavy atom. The molecule has 76 valence electrons. The second kappa shape index (κ2) is 4.89. The molecule has 0 heterocycles. The fourth-order valence-corrected chi connectivity index (χ4v) is 2.37. The van der Waals surface area contributed by atoms with E-state index in [9.17, 15) is 4.79 Å². The first kappa shape index (κ1) is 10.9. The lowest BCUT2D eigenvalue weighted by molar-refractivity contribution is -0.119. The lowest BCUT2D eigenvalue weighted by atomic mass is 9.93. The van der Waals surface area contributed by atoms with E-state index in [0.29, 0.717) is 17.7 Å². The van der Waals surface area contributed by atoms with E-state index >= 15 is 0 Å². The van der Waals surface area contributed by atoms with E-state index in [1.165, 1.54) is 12.8 Å². The molecule has 1 amide bonds. The molecule has 0 spiro atoms. The van der Waals surface area contributed by atoms with E-state index in [2.05, 4.69) is 31.8 Å². The fraction of sp³-hybridized carbons (Fsp3) is 0.900. The van der Waals surface area contributed by atoms with Gasteiger partial charge in [-0.1, -0.05) is 20.3 Å². The molecule has 1 aliphatic carbocycles. The number of hydrogen-bond acceptors (Lipinski definition) is 2. The SMILES string of the molecule is CCC1CCC(NC(=O)CS)C1C. The predicted molar refractivity (Wildman–Crippen MR) is 58.0 cm³/mol. The van der Waals surface area contributed by atoms with Crippen molar-refractivity contribution in [3.63, 3.8) is 0 Å². The van der Waals surface area contributed by atoms with Crippen molar-refractivity contribution in [1.29, 1.82) is 0 Å². The van der Waals surface area contributed by atoms with E-state index in [-0.39, 0.29) is 5.91 Å². The minimum Gasteiger partial charge on any atom is -0.352 e. The Labute approximate surface area is 85.9 Å². The summed E-state index contributed by atoms with van der Waals surface area (Å²) in [5.41, 5.74) is 0. The summed E-state index contributed by atoms with van der Waals surface area (Å²) in [6, 6.07) is 0.393. The Bertz CT molecular complexity index is 184. The van der Waals surface area contributed by atoms with E-state index in [0.717, 1.165) is 12.3 Å². The summed E-state index contributed by atoms with van der Waals surface area (Å²) < 4.78 is 0. The van der Waals surface area contributed by atoms with Gasteiger partial charge in [-0.3, -0.25) is 4.79 Å².